The zero-order valence-corrected chi connectivity index (χ0v) is 14.8. The number of ether oxygens (including phenoxy) is 1. The Morgan fingerprint density at radius 1 is 0.821 bits per heavy atom. The van der Waals surface area contributed by atoms with Crippen molar-refractivity contribution in [3.8, 4) is 28.0 Å². The van der Waals surface area contributed by atoms with Crippen LogP contribution in [0.3, 0.4) is 0 Å². The van der Waals surface area contributed by atoms with Crippen molar-refractivity contribution in [2.75, 3.05) is 0 Å². The van der Waals surface area contributed by atoms with Crippen LogP contribution in [0.4, 0.5) is 22.0 Å². The number of halogens is 5. The van der Waals surface area contributed by atoms with Crippen LogP contribution in [0.2, 0.25) is 0 Å². The summed E-state index contributed by atoms with van der Waals surface area (Å²) in [4.78, 5) is 0. The summed E-state index contributed by atoms with van der Waals surface area (Å²) in [6, 6.07) is 13.4. The van der Waals surface area contributed by atoms with Crippen LogP contribution in [-0.4, -0.2) is 6.36 Å². The van der Waals surface area contributed by atoms with Crippen LogP contribution in [-0.2, 0) is 12.8 Å². The van der Waals surface area contributed by atoms with Crippen molar-refractivity contribution >= 4 is 0 Å². The highest BCUT2D eigenvalue weighted by atomic mass is 19.4. The second-order valence-corrected chi connectivity index (χ2v) is 6.71. The van der Waals surface area contributed by atoms with Gasteiger partial charge in [0.15, 0.2) is 11.6 Å². The van der Waals surface area contributed by atoms with Gasteiger partial charge in [0.1, 0.15) is 0 Å². The van der Waals surface area contributed by atoms with Crippen molar-refractivity contribution in [3.05, 3.63) is 76.9 Å². The molecule has 4 rings (SSSR count). The number of rotatable bonds is 3. The number of aryl methyl sites for hydroxylation is 1. The minimum Gasteiger partial charge on any atom is -0.399 e. The topological polar surface area (TPSA) is 9.23 Å². The summed E-state index contributed by atoms with van der Waals surface area (Å²) in [7, 11) is 0. The highest BCUT2D eigenvalue weighted by Gasteiger charge is 2.34. The molecule has 0 amide bonds. The fourth-order valence-corrected chi connectivity index (χ4v) is 3.60. The fraction of sp³-hybridized carbons (Fsp3) is 0.182. The van der Waals surface area contributed by atoms with E-state index in [1.807, 2.05) is 12.1 Å². The summed E-state index contributed by atoms with van der Waals surface area (Å²) in [5, 5.41) is 0. The maximum Gasteiger partial charge on any atom is 0.573 e. The molecule has 28 heavy (non-hydrogen) atoms. The van der Waals surface area contributed by atoms with Crippen molar-refractivity contribution in [1.29, 1.82) is 0 Å². The molecule has 0 aliphatic heterocycles. The van der Waals surface area contributed by atoms with E-state index >= 15 is 0 Å². The van der Waals surface area contributed by atoms with Crippen LogP contribution >= 0.6 is 0 Å². The van der Waals surface area contributed by atoms with E-state index in [1.54, 1.807) is 6.07 Å². The van der Waals surface area contributed by atoms with E-state index in [0.717, 1.165) is 35.2 Å². The molecule has 3 aromatic carbocycles. The molecule has 144 valence electrons. The van der Waals surface area contributed by atoms with E-state index in [4.69, 9.17) is 0 Å². The van der Waals surface area contributed by atoms with Crippen molar-refractivity contribution < 1.29 is 26.7 Å². The Kier molecular flexibility index (Phi) is 4.37. The van der Waals surface area contributed by atoms with Gasteiger partial charge in [-0.25, -0.2) is 8.78 Å². The monoisotopic (exact) mass is 390 g/mol. The standard InChI is InChI=1S/C22H15F5O/c1-2-12-3-5-17-15(7-12)9-16-8-13(4-6-18(16)17)14-10-19(23)21(20(24)11-14)28-22(25,26)27/h3-8,10-11H,2,9H2,1H3. The maximum atomic E-state index is 14.0. The Morgan fingerprint density at radius 2 is 1.43 bits per heavy atom. The average Bonchev–Trinajstić information content (AvgIpc) is 3.00. The average molecular weight is 390 g/mol. The first-order chi connectivity index (χ1) is 13.2. The first-order valence-corrected chi connectivity index (χ1v) is 8.75. The van der Waals surface area contributed by atoms with E-state index in [2.05, 4.69) is 29.9 Å². The minimum atomic E-state index is -5.17. The van der Waals surface area contributed by atoms with Gasteiger partial charge in [-0.1, -0.05) is 43.3 Å². The van der Waals surface area contributed by atoms with Gasteiger partial charge in [-0.3, -0.25) is 0 Å². The summed E-state index contributed by atoms with van der Waals surface area (Å²) in [5.41, 5.74) is 6.30. The maximum absolute atomic E-state index is 14.0. The molecule has 0 heterocycles. The number of hydrogen-bond donors (Lipinski definition) is 0. The molecule has 3 aromatic rings. The molecular formula is C22H15F5O. The van der Waals surface area contributed by atoms with Crippen molar-refractivity contribution in [1.82, 2.24) is 0 Å². The molecule has 0 unspecified atom stereocenters. The normalized spacial score (nSPS) is 12.6. The van der Waals surface area contributed by atoms with E-state index in [9.17, 15) is 22.0 Å². The van der Waals surface area contributed by atoms with E-state index < -0.39 is 23.7 Å². The number of alkyl halides is 3. The fourth-order valence-electron chi connectivity index (χ4n) is 3.60. The summed E-state index contributed by atoms with van der Waals surface area (Å²) in [6.45, 7) is 2.08. The van der Waals surface area contributed by atoms with Gasteiger partial charge in [-0.05, 0) is 63.9 Å². The third kappa shape index (κ3) is 3.35. The predicted molar refractivity (Wildman–Crippen MR) is 96.1 cm³/mol. The molecule has 0 aromatic heterocycles. The third-order valence-electron chi connectivity index (χ3n) is 4.90. The Bertz CT molecular complexity index is 1050. The number of benzene rings is 3. The Balaban J connectivity index is 1.70. The van der Waals surface area contributed by atoms with Crippen LogP contribution in [0.15, 0.2) is 48.5 Å². The van der Waals surface area contributed by atoms with Crippen LogP contribution in [0.25, 0.3) is 22.3 Å². The molecule has 0 atom stereocenters. The predicted octanol–water partition coefficient (Wildman–Crippen LogP) is 6.66. The van der Waals surface area contributed by atoms with E-state index in [-0.39, 0.29) is 5.56 Å². The Labute approximate surface area is 158 Å². The van der Waals surface area contributed by atoms with Crippen LogP contribution in [0.5, 0.6) is 5.75 Å². The van der Waals surface area contributed by atoms with Gasteiger partial charge >= 0.3 is 6.36 Å². The van der Waals surface area contributed by atoms with Crippen molar-refractivity contribution in [2.45, 2.75) is 26.1 Å². The zero-order chi connectivity index (χ0) is 20.1. The van der Waals surface area contributed by atoms with Gasteiger partial charge < -0.3 is 4.74 Å². The van der Waals surface area contributed by atoms with Crippen LogP contribution < -0.4 is 4.74 Å². The quantitative estimate of drug-likeness (QED) is 0.355. The van der Waals surface area contributed by atoms with Gasteiger partial charge in [0.25, 0.3) is 0 Å². The SMILES string of the molecule is CCc1ccc2c(c1)Cc1cc(-c3cc(F)c(OC(F)(F)F)c(F)c3)ccc1-2. The van der Waals surface area contributed by atoms with Crippen LogP contribution in [0, 0.1) is 11.6 Å². The molecule has 0 bridgehead atoms. The molecule has 1 nitrogen and oxygen atoms in total. The Morgan fingerprint density at radius 3 is 2.04 bits per heavy atom. The van der Waals surface area contributed by atoms with E-state index in [0.29, 0.717) is 12.0 Å². The highest BCUT2D eigenvalue weighted by Crippen LogP contribution is 2.40. The first-order valence-electron chi connectivity index (χ1n) is 8.75. The lowest BCUT2D eigenvalue weighted by atomic mass is 9.98. The molecule has 6 heteroatoms. The second kappa shape index (κ2) is 6.62. The number of fused-ring (bicyclic) bond motifs is 3. The van der Waals surface area contributed by atoms with Crippen LogP contribution in [0.1, 0.15) is 23.6 Å². The van der Waals surface area contributed by atoms with Gasteiger partial charge in [0.05, 0.1) is 0 Å². The van der Waals surface area contributed by atoms with Crippen molar-refractivity contribution in [2.24, 2.45) is 0 Å². The van der Waals surface area contributed by atoms with Gasteiger partial charge in [-0.15, -0.1) is 13.2 Å². The van der Waals surface area contributed by atoms with Gasteiger partial charge in [0, 0.05) is 0 Å². The highest BCUT2D eigenvalue weighted by molar-refractivity contribution is 5.80. The molecule has 0 radical (unpaired) electrons. The molecule has 0 N–H and O–H groups in total. The first kappa shape index (κ1) is 18.5. The zero-order valence-electron chi connectivity index (χ0n) is 14.8. The Hall–Kier alpha value is -2.89. The smallest absolute Gasteiger partial charge is 0.399 e. The second-order valence-electron chi connectivity index (χ2n) is 6.71. The molecule has 0 saturated heterocycles. The summed E-state index contributed by atoms with van der Waals surface area (Å²) >= 11 is 0. The van der Waals surface area contributed by atoms with Gasteiger partial charge in [-0.2, -0.15) is 0 Å². The molecule has 1 aliphatic rings. The molecule has 0 spiro atoms. The van der Waals surface area contributed by atoms with E-state index in [1.165, 1.54) is 11.1 Å². The summed E-state index contributed by atoms with van der Waals surface area (Å²) < 4.78 is 68.4. The number of hydrogen-bond acceptors (Lipinski definition) is 1. The lowest BCUT2D eigenvalue weighted by Crippen LogP contribution is -2.19. The minimum absolute atomic E-state index is 0.150. The molecular weight excluding hydrogens is 375 g/mol. The molecule has 1 aliphatic carbocycles. The lowest BCUT2D eigenvalue weighted by molar-refractivity contribution is -0.276. The lowest BCUT2D eigenvalue weighted by Gasteiger charge is -2.12. The molecule has 0 saturated carbocycles. The summed E-state index contributed by atoms with van der Waals surface area (Å²) in [6.07, 6.45) is -3.54. The third-order valence-corrected chi connectivity index (χ3v) is 4.90. The van der Waals surface area contributed by atoms with Gasteiger partial charge in [0.2, 0.25) is 5.75 Å². The summed E-state index contributed by atoms with van der Waals surface area (Å²) in [5.74, 6) is -4.25. The van der Waals surface area contributed by atoms with Crippen molar-refractivity contribution in [3.63, 3.8) is 0 Å². The largest absolute Gasteiger partial charge is 0.573 e. The molecule has 0 fully saturated rings.